The summed E-state index contributed by atoms with van der Waals surface area (Å²) in [4.78, 5) is 36.5. The summed E-state index contributed by atoms with van der Waals surface area (Å²) in [6, 6.07) is 10.1. The van der Waals surface area contributed by atoms with Crippen molar-refractivity contribution in [2.75, 3.05) is 19.6 Å². The average Bonchev–Trinajstić information content (AvgIpc) is 3.67. The van der Waals surface area contributed by atoms with Gasteiger partial charge in [0.1, 0.15) is 0 Å². The van der Waals surface area contributed by atoms with Gasteiger partial charge in [-0.05, 0) is 67.4 Å². The maximum absolute atomic E-state index is 13.4. The fourth-order valence-electron chi connectivity index (χ4n) is 6.86. The van der Waals surface area contributed by atoms with Crippen LogP contribution in [0.4, 0.5) is 0 Å². The van der Waals surface area contributed by atoms with Gasteiger partial charge in [-0.15, -0.1) is 0 Å². The second-order valence-electron chi connectivity index (χ2n) is 11.1. The molecule has 6 rings (SSSR count). The highest BCUT2D eigenvalue weighted by molar-refractivity contribution is 5.82. The van der Waals surface area contributed by atoms with Crippen molar-refractivity contribution < 1.29 is 24.6 Å². The molecule has 4 heterocycles. The third-order valence-electron chi connectivity index (χ3n) is 8.29. The Kier molecular flexibility index (Phi) is 8.67. The van der Waals surface area contributed by atoms with Crippen LogP contribution in [0.3, 0.4) is 0 Å². The van der Waals surface area contributed by atoms with Gasteiger partial charge in [-0.3, -0.25) is 19.3 Å². The van der Waals surface area contributed by atoms with Crippen LogP contribution in [0.1, 0.15) is 63.5 Å². The number of carboxylic acid groups (broad SMARTS) is 2. The second kappa shape index (κ2) is 11.7. The average molecular weight is 500 g/mol. The first-order chi connectivity index (χ1) is 17.2. The lowest BCUT2D eigenvalue weighted by Crippen LogP contribution is -2.64. The minimum Gasteiger partial charge on any atom is -0.481 e. The molecular formula is C28H41N3O5. The Morgan fingerprint density at radius 3 is 2.11 bits per heavy atom. The van der Waals surface area contributed by atoms with Crippen LogP contribution in [-0.2, 0) is 27.3 Å². The van der Waals surface area contributed by atoms with Crippen molar-refractivity contribution in [2.24, 2.45) is 17.8 Å². The van der Waals surface area contributed by atoms with Crippen LogP contribution in [-0.4, -0.2) is 75.6 Å². The summed E-state index contributed by atoms with van der Waals surface area (Å²) in [5.74, 6) is 1.07. The highest BCUT2D eigenvalue weighted by Gasteiger charge is 2.49. The van der Waals surface area contributed by atoms with Gasteiger partial charge in [-0.2, -0.15) is 0 Å². The summed E-state index contributed by atoms with van der Waals surface area (Å²) < 4.78 is 0. The van der Waals surface area contributed by atoms with Crippen molar-refractivity contribution >= 4 is 17.8 Å². The van der Waals surface area contributed by atoms with E-state index in [1.54, 1.807) is 0 Å². The van der Waals surface area contributed by atoms with E-state index in [1.807, 2.05) is 0 Å². The molecule has 5 atom stereocenters. The Morgan fingerprint density at radius 1 is 0.861 bits per heavy atom. The zero-order valence-corrected chi connectivity index (χ0v) is 21.6. The molecule has 3 N–H and O–H groups in total. The van der Waals surface area contributed by atoms with Crippen LogP contribution in [0.15, 0.2) is 24.3 Å². The molecule has 8 nitrogen and oxygen atoms in total. The Labute approximate surface area is 214 Å². The molecule has 0 aromatic heterocycles. The van der Waals surface area contributed by atoms with Gasteiger partial charge in [0.2, 0.25) is 5.91 Å². The molecule has 1 aliphatic carbocycles. The van der Waals surface area contributed by atoms with Crippen LogP contribution in [0, 0.1) is 17.8 Å². The SMILES string of the molecule is CC(=O)O.CC(=O)O.O=C([C@H]1Cc2ccccc2CN1)N1C[C@@H]2C[C@H](C1)[C@@H]1CCC[C@H](C3CC3)N1C2. The van der Waals surface area contributed by atoms with Crippen LogP contribution < -0.4 is 5.32 Å². The van der Waals surface area contributed by atoms with Crippen molar-refractivity contribution in [2.45, 2.75) is 83.5 Å². The number of nitrogens with one attached hydrogen (secondary N) is 1. The molecule has 0 spiro atoms. The minimum atomic E-state index is -0.833. The number of carboxylic acids is 2. The lowest BCUT2D eigenvalue weighted by atomic mass is 9.74. The molecule has 5 aliphatic rings. The predicted molar refractivity (Wildman–Crippen MR) is 136 cm³/mol. The predicted octanol–water partition coefficient (Wildman–Crippen LogP) is 2.99. The van der Waals surface area contributed by atoms with E-state index in [2.05, 4.69) is 39.4 Å². The van der Waals surface area contributed by atoms with Crippen LogP contribution in [0.2, 0.25) is 0 Å². The van der Waals surface area contributed by atoms with Crippen molar-refractivity contribution in [3.05, 3.63) is 35.4 Å². The first kappa shape index (κ1) is 26.6. The number of amides is 1. The molecule has 1 aromatic carbocycles. The molecule has 1 saturated carbocycles. The van der Waals surface area contributed by atoms with E-state index >= 15 is 0 Å². The molecule has 1 amide bonds. The van der Waals surface area contributed by atoms with Crippen molar-refractivity contribution in [1.82, 2.24) is 15.1 Å². The summed E-state index contributed by atoms with van der Waals surface area (Å²) in [6.07, 6.45) is 9.31. The largest absolute Gasteiger partial charge is 0.481 e. The number of piperidine rings is 3. The van der Waals surface area contributed by atoms with E-state index in [-0.39, 0.29) is 6.04 Å². The van der Waals surface area contributed by atoms with Crippen molar-refractivity contribution in [1.29, 1.82) is 0 Å². The molecule has 0 radical (unpaired) electrons. The normalized spacial score (nSPS) is 30.8. The van der Waals surface area contributed by atoms with Gasteiger partial charge in [0.25, 0.3) is 11.9 Å². The summed E-state index contributed by atoms with van der Waals surface area (Å²) in [6.45, 7) is 6.21. The Bertz CT molecular complexity index is 929. The van der Waals surface area contributed by atoms with Crippen LogP contribution >= 0.6 is 0 Å². The number of carbonyl (C=O) groups excluding carboxylic acids is 1. The highest BCUT2D eigenvalue weighted by atomic mass is 16.4. The molecular weight excluding hydrogens is 458 g/mol. The summed E-state index contributed by atoms with van der Waals surface area (Å²) >= 11 is 0. The van der Waals surface area contributed by atoms with Gasteiger partial charge in [0, 0.05) is 52.1 Å². The lowest BCUT2D eigenvalue weighted by Gasteiger charge is -2.55. The van der Waals surface area contributed by atoms with Gasteiger partial charge < -0.3 is 20.4 Å². The molecule has 1 aromatic rings. The molecule has 36 heavy (non-hydrogen) atoms. The third kappa shape index (κ3) is 6.65. The zero-order chi connectivity index (χ0) is 25.8. The quantitative estimate of drug-likeness (QED) is 0.574. The number of rotatable bonds is 2. The molecule has 2 bridgehead atoms. The maximum atomic E-state index is 13.4. The standard InChI is InChI=1S/C24H33N3O.2C2H4O2/c28-24(21-11-18-4-1-2-5-19(18)12-25-21)26-13-16-10-20(15-26)23-7-3-6-22(17-8-9-17)27(23)14-16;2*1-2(3)4/h1-2,4-5,16-17,20-23,25H,3,6-15H2;2*1H3,(H,3,4)/t16-,20+,21+,22+,23-;;/m0../s1. The summed E-state index contributed by atoms with van der Waals surface area (Å²) in [7, 11) is 0. The Morgan fingerprint density at radius 2 is 1.47 bits per heavy atom. The monoisotopic (exact) mass is 499 g/mol. The number of benzene rings is 1. The first-order valence-corrected chi connectivity index (χ1v) is 13.5. The van der Waals surface area contributed by atoms with Crippen LogP contribution in [0.5, 0.6) is 0 Å². The number of carbonyl (C=O) groups is 3. The molecule has 0 unspecified atom stereocenters. The first-order valence-electron chi connectivity index (χ1n) is 13.5. The maximum Gasteiger partial charge on any atom is 0.300 e. The molecule has 198 valence electrons. The second-order valence-corrected chi connectivity index (χ2v) is 11.1. The minimum absolute atomic E-state index is 0.0320. The third-order valence-corrected chi connectivity index (χ3v) is 8.29. The van der Waals surface area contributed by atoms with E-state index in [4.69, 9.17) is 19.8 Å². The number of fused-ring (bicyclic) bond motifs is 5. The van der Waals surface area contributed by atoms with Crippen molar-refractivity contribution in [3.63, 3.8) is 0 Å². The number of likely N-dealkylation sites (tertiary alicyclic amines) is 1. The molecule has 4 fully saturated rings. The smallest absolute Gasteiger partial charge is 0.300 e. The number of aliphatic carboxylic acids is 2. The zero-order valence-electron chi connectivity index (χ0n) is 21.6. The highest BCUT2D eigenvalue weighted by Crippen LogP contribution is 2.46. The fourth-order valence-corrected chi connectivity index (χ4v) is 6.86. The van der Waals surface area contributed by atoms with Gasteiger partial charge in [-0.25, -0.2) is 0 Å². The van der Waals surface area contributed by atoms with E-state index in [0.717, 1.165) is 57.9 Å². The van der Waals surface area contributed by atoms with Gasteiger partial charge >= 0.3 is 0 Å². The Hall–Kier alpha value is -2.45. The van der Waals surface area contributed by atoms with E-state index < -0.39 is 11.9 Å². The van der Waals surface area contributed by atoms with Gasteiger partial charge in [0.05, 0.1) is 6.04 Å². The van der Waals surface area contributed by atoms with Crippen LogP contribution in [0.25, 0.3) is 0 Å². The lowest BCUT2D eigenvalue weighted by molar-refractivity contribution is -0.141. The van der Waals surface area contributed by atoms with Gasteiger partial charge in [0.15, 0.2) is 0 Å². The Balaban J connectivity index is 0.000000336. The van der Waals surface area contributed by atoms with E-state index in [9.17, 15) is 4.79 Å². The molecule has 8 heteroatoms. The number of hydrogen-bond donors (Lipinski definition) is 3. The summed E-state index contributed by atoms with van der Waals surface area (Å²) in [5.41, 5.74) is 2.70. The number of nitrogens with zero attached hydrogens (tertiary/aromatic N) is 2. The van der Waals surface area contributed by atoms with Crippen molar-refractivity contribution in [3.8, 4) is 0 Å². The number of hydrogen-bond acceptors (Lipinski definition) is 5. The molecule has 3 saturated heterocycles. The van der Waals surface area contributed by atoms with E-state index in [0.29, 0.717) is 17.7 Å². The van der Waals surface area contributed by atoms with Gasteiger partial charge in [-0.1, -0.05) is 30.7 Å². The topological polar surface area (TPSA) is 110 Å². The van der Waals surface area contributed by atoms with E-state index in [1.165, 1.54) is 56.2 Å². The molecule has 4 aliphatic heterocycles. The fraction of sp³-hybridized carbons (Fsp3) is 0.679. The summed E-state index contributed by atoms with van der Waals surface area (Å²) in [5, 5.41) is 18.4.